The molecule has 14 heavy (non-hydrogen) atoms. The second kappa shape index (κ2) is 4.80. The molecule has 1 aromatic carbocycles. The van der Waals surface area contributed by atoms with E-state index in [1.165, 1.54) is 0 Å². The monoisotopic (exact) mass is 193 g/mol. The third-order valence-corrected chi connectivity index (χ3v) is 2.15. The first-order valence-corrected chi connectivity index (χ1v) is 4.42. The summed E-state index contributed by atoms with van der Waals surface area (Å²) >= 11 is 0. The lowest BCUT2D eigenvalue weighted by Gasteiger charge is -2.13. The van der Waals surface area contributed by atoms with Gasteiger partial charge in [0.25, 0.3) is 0 Å². The van der Waals surface area contributed by atoms with Crippen molar-refractivity contribution >= 4 is 6.08 Å². The van der Waals surface area contributed by atoms with Crippen molar-refractivity contribution in [2.75, 3.05) is 13.8 Å². The van der Waals surface area contributed by atoms with Crippen molar-refractivity contribution in [1.82, 2.24) is 0 Å². The van der Waals surface area contributed by atoms with Crippen LogP contribution in [0.5, 0.6) is 5.75 Å². The number of halogens is 1. The van der Waals surface area contributed by atoms with E-state index >= 15 is 0 Å². The Kier molecular flexibility index (Phi) is 3.69. The summed E-state index contributed by atoms with van der Waals surface area (Å²) in [6.07, 6.45) is 1.69. The maximum absolute atomic E-state index is 12.5. The van der Waals surface area contributed by atoms with Crippen LogP contribution in [-0.4, -0.2) is 13.8 Å². The van der Waals surface area contributed by atoms with Gasteiger partial charge in [0.1, 0.15) is 5.75 Å². The highest BCUT2D eigenvalue weighted by Gasteiger charge is 2.12. The molecule has 1 nitrogen and oxygen atoms in total. The number of ether oxygens (including phenoxy) is 1. The summed E-state index contributed by atoms with van der Waals surface area (Å²) in [4.78, 5) is 0. The molecular weight excluding hydrogens is 179 g/mol. The van der Waals surface area contributed by atoms with Crippen LogP contribution in [0.1, 0.15) is 18.1 Å². The molecule has 0 aliphatic rings. The predicted molar refractivity (Wildman–Crippen MR) is 57.1 cm³/mol. The van der Waals surface area contributed by atoms with Gasteiger partial charge in [-0.3, -0.25) is 4.39 Å². The van der Waals surface area contributed by atoms with Crippen LogP contribution in [0.4, 0.5) is 4.39 Å². The molecule has 75 valence electrons. The first-order chi connectivity index (χ1) is 6.74. The fourth-order valence-electron chi connectivity index (χ4n) is 1.38. The number of hydrogen-bond donors (Lipinski definition) is 0. The van der Waals surface area contributed by atoms with Crippen LogP contribution in [0.25, 0.3) is 6.08 Å². The second-order valence-corrected chi connectivity index (χ2v) is 3.04. The molecule has 0 saturated carbocycles. The van der Waals surface area contributed by atoms with Crippen LogP contribution in [0.3, 0.4) is 0 Å². The predicted octanol–water partition coefficient (Wildman–Crippen LogP) is 3.25. The summed E-state index contributed by atoms with van der Waals surface area (Å²) in [6, 6.07) is 5.56. The fraction of sp³-hybridized carbons (Fsp3) is 0.250. The zero-order chi connectivity index (χ0) is 10.6. The first-order valence-electron chi connectivity index (χ1n) is 4.42. The summed E-state index contributed by atoms with van der Waals surface area (Å²) in [5, 5.41) is 0. The molecule has 0 bridgehead atoms. The quantitative estimate of drug-likeness (QED) is 0.713. The topological polar surface area (TPSA) is 9.23 Å². The summed E-state index contributed by atoms with van der Waals surface area (Å²) in [5.41, 5.74) is 1.71. The minimum absolute atomic E-state index is 0.450. The van der Waals surface area contributed by atoms with Gasteiger partial charge in [-0.1, -0.05) is 31.7 Å². The van der Waals surface area contributed by atoms with Crippen LogP contribution in [-0.2, 0) is 0 Å². The van der Waals surface area contributed by atoms with Gasteiger partial charge >= 0.3 is 0 Å². The summed E-state index contributed by atoms with van der Waals surface area (Å²) in [7, 11) is 1.59. The highest BCUT2D eigenvalue weighted by Crippen LogP contribution is 2.28. The van der Waals surface area contributed by atoms with Gasteiger partial charge in [-0.15, -0.1) is 0 Å². The molecule has 0 spiro atoms. The van der Waals surface area contributed by atoms with Crippen molar-refractivity contribution < 1.29 is 9.13 Å². The molecule has 0 heterocycles. The molecule has 0 atom stereocenters. The molecule has 0 aliphatic carbocycles. The van der Waals surface area contributed by atoms with Crippen LogP contribution >= 0.6 is 0 Å². The van der Waals surface area contributed by atoms with E-state index in [9.17, 15) is 4.39 Å². The molecule has 0 amide bonds. The van der Waals surface area contributed by atoms with Gasteiger partial charge in [-0.05, 0) is 11.6 Å². The molecule has 1 rings (SSSR count). The van der Waals surface area contributed by atoms with Gasteiger partial charge in [0, 0.05) is 11.5 Å². The molecule has 0 unspecified atom stereocenters. The van der Waals surface area contributed by atoms with Crippen molar-refractivity contribution in [3.63, 3.8) is 0 Å². The molecule has 0 aromatic heterocycles. The van der Waals surface area contributed by atoms with Gasteiger partial charge in [-0.25, -0.2) is 0 Å². The molecular formula is C12H14FO. The Bertz CT molecular complexity index is 320. The molecule has 0 aliphatic heterocycles. The van der Waals surface area contributed by atoms with E-state index in [0.717, 1.165) is 16.9 Å². The number of hydrogen-bond acceptors (Lipinski definition) is 1. The first kappa shape index (κ1) is 10.8. The zero-order valence-corrected chi connectivity index (χ0v) is 8.51. The summed E-state index contributed by atoms with van der Waals surface area (Å²) in [5.74, 6) is 1.42. The van der Waals surface area contributed by atoms with E-state index in [1.54, 1.807) is 20.1 Å². The van der Waals surface area contributed by atoms with Crippen LogP contribution in [0.15, 0.2) is 24.8 Å². The summed E-state index contributed by atoms with van der Waals surface area (Å²) in [6.45, 7) is 5.02. The van der Waals surface area contributed by atoms with E-state index in [2.05, 4.69) is 6.58 Å². The molecule has 1 aromatic rings. The van der Waals surface area contributed by atoms with E-state index in [0.29, 0.717) is 5.92 Å². The Morgan fingerprint density at radius 3 is 2.79 bits per heavy atom. The lowest BCUT2D eigenvalue weighted by molar-refractivity contribution is 0.413. The number of alkyl halides is 1. The second-order valence-electron chi connectivity index (χ2n) is 3.04. The average Bonchev–Trinajstić information content (AvgIpc) is 2.26. The Morgan fingerprint density at radius 1 is 1.57 bits per heavy atom. The molecule has 2 heteroatoms. The van der Waals surface area contributed by atoms with Crippen LogP contribution < -0.4 is 4.74 Å². The molecule has 0 N–H and O–H groups in total. The Morgan fingerprint density at radius 2 is 2.29 bits per heavy atom. The summed E-state index contributed by atoms with van der Waals surface area (Å²) < 4.78 is 17.7. The maximum Gasteiger partial charge on any atom is 0.126 e. The highest BCUT2D eigenvalue weighted by molar-refractivity contribution is 5.63. The Labute approximate surface area is 84.2 Å². The smallest absolute Gasteiger partial charge is 0.126 e. The van der Waals surface area contributed by atoms with E-state index in [-0.39, 0.29) is 0 Å². The van der Waals surface area contributed by atoms with Gasteiger partial charge < -0.3 is 4.74 Å². The molecule has 0 fully saturated rings. The third kappa shape index (κ3) is 1.95. The largest absolute Gasteiger partial charge is 0.496 e. The lowest BCUT2D eigenvalue weighted by atomic mass is 9.96. The minimum Gasteiger partial charge on any atom is -0.496 e. The van der Waals surface area contributed by atoms with Crippen molar-refractivity contribution in [3.8, 4) is 5.75 Å². The van der Waals surface area contributed by atoms with Gasteiger partial charge in [0.2, 0.25) is 0 Å². The molecule has 0 saturated heterocycles. The van der Waals surface area contributed by atoms with Crippen molar-refractivity contribution in [2.45, 2.75) is 6.92 Å². The van der Waals surface area contributed by atoms with Crippen LogP contribution in [0, 0.1) is 5.92 Å². The van der Waals surface area contributed by atoms with E-state index in [1.807, 2.05) is 18.2 Å². The van der Waals surface area contributed by atoms with Crippen LogP contribution in [0.2, 0.25) is 0 Å². The van der Waals surface area contributed by atoms with E-state index < -0.39 is 6.67 Å². The number of methoxy groups -OCH3 is 1. The Hall–Kier alpha value is -1.31. The number of benzene rings is 1. The van der Waals surface area contributed by atoms with Crippen molar-refractivity contribution in [3.05, 3.63) is 41.8 Å². The third-order valence-electron chi connectivity index (χ3n) is 2.15. The van der Waals surface area contributed by atoms with E-state index in [4.69, 9.17) is 4.74 Å². The van der Waals surface area contributed by atoms with Gasteiger partial charge in [0.15, 0.2) is 0 Å². The minimum atomic E-state index is -0.450. The molecule has 1 radical (unpaired) electrons. The Balaban J connectivity index is 3.21. The normalized spacial score (nSPS) is 10.3. The maximum atomic E-state index is 12.5. The van der Waals surface area contributed by atoms with Gasteiger partial charge in [0.05, 0.1) is 13.8 Å². The average molecular weight is 193 g/mol. The SMILES string of the molecule is C=Cc1c(OC)cccc1[C](C)CF. The highest BCUT2D eigenvalue weighted by atomic mass is 19.1. The zero-order valence-electron chi connectivity index (χ0n) is 8.51. The number of rotatable bonds is 4. The van der Waals surface area contributed by atoms with Crippen molar-refractivity contribution in [2.24, 2.45) is 0 Å². The lowest BCUT2D eigenvalue weighted by Crippen LogP contribution is -2.01. The van der Waals surface area contributed by atoms with Gasteiger partial charge in [-0.2, -0.15) is 0 Å². The van der Waals surface area contributed by atoms with Crippen molar-refractivity contribution in [1.29, 1.82) is 0 Å². The fourth-order valence-corrected chi connectivity index (χ4v) is 1.38. The standard InChI is InChI=1S/C12H14FO/c1-4-10-11(9(2)8-13)6-5-7-12(10)14-3/h4-7H,1,8H2,2-3H3.